The zero-order valence-corrected chi connectivity index (χ0v) is 9.21. The molecule has 86 valence electrons. The number of imidazole rings is 1. The van der Waals surface area contributed by atoms with Crippen molar-refractivity contribution in [1.82, 2.24) is 19.3 Å². The monoisotopic (exact) mass is 221 g/mol. The molecular weight excluding hydrogens is 206 g/mol. The van der Waals surface area contributed by atoms with Crippen LogP contribution >= 0.6 is 0 Å². The molecule has 0 atom stereocenters. The Morgan fingerprint density at radius 1 is 1.44 bits per heavy atom. The van der Waals surface area contributed by atoms with E-state index in [-0.39, 0.29) is 0 Å². The standard InChI is InChI=1S/C10H15N5O/c1-16-3-2-14-7-10(6-13-14)15-8-12-5-9(15)4-11/h5-8H,2-4,11H2,1H3. The van der Waals surface area contributed by atoms with Crippen LogP contribution in [0.25, 0.3) is 5.69 Å². The molecule has 0 bridgehead atoms. The molecule has 0 aliphatic rings. The third kappa shape index (κ3) is 2.12. The molecule has 0 amide bonds. The summed E-state index contributed by atoms with van der Waals surface area (Å²) in [5, 5.41) is 4.23. The quantitative estimate of drug-likeness (QED) is 0.781. The van der Waals surface area contributed by atoms with Gasteiger partial charge in [-0.25, -0.2) is 4.98 Å². The third-order valence-corrected chi connectivity index (χ3v) is 2.35. The van der Waals surface area contributed by atoms with Crippen LogP contribution in [0.5, 0.6) is 0 Å². The maximum Gasteiger partial charge on any atom is 0.0995 e. The molecule has 2 aromatic heterocycles. The largest absolute Gasteiger partial charge is 0.383 e. The highest BCUT2D eigenvalue weighted by molar-refractivity contribution is 5.28. The number of nitrogens with zero attached hydrogens (tertiary/aromatic N) is 4. The number of ether oxygens (including phenoxy) is 1. The molecule has 16 heavy (non-hydrogen) atoms. The van der Waals surface area contributed by atoms with Crippen LogP contribution in [0.3, 0.4) is 0 Å². The predicted octanol–water partition coefficient (Wildman–Crippen LogP) is 0.174. The fraction of sp³-hybridized carbons (Fsp3) is 0.400. The molecule has 0 aliphatic heterocycles. The lowest BCUT2D eigenvalue weighted by Crippen LogP contribution is -2.05. The van der Waals surface area contributed by atoms with E-state index in [1.807, 2.05) is 15.4 Å². The van der Waals surface area contributed by atoms with Crippen LogP contribution in [0.2, 0.25) is 0 Å². The second-order valence-electron chi connectivity index (χ2n) is 3.41. The van der Waals surface area contributed by atoms with Crippen molar-refractivity contribution in [2.24, 2.45) is 5.73 Å². The van der Waals surface area contributed by atoms with Crippen molar-refractivity contribution in [3.63, 3.8) is 0 Å². The second kappa shape index (κ2) is 4.91. The van der Waals surface area contributed by atoms with Crippen LogP contribution in [0.15, 0.2) is 24.9 Å². The molecule has 0 radical (unpaired) electrons. The first-order valence-corrected chi connectivity index (χ1v) is 5.08. The summed E-state index contributed by atoms with van der Waals surface area (Å²) in [4.78, 5) is 4.06. The Morgan fingerprint density at radius 2 is 2.31 bits per heavy atom. The van der Waals surface area contributed by atoms with Crippen LogP contribution < -0.4 is 5.73 Å². The number of rotatable bonds is 5. The van der Waals surface area contributed by atoms with E-state index >= 15 is 0 Å². The second-order valence-corrected chi connectivity index (χ2v) is 3.41. The number of methoxy groups -OCH3 is 1. The molecule has 0 saturated carbocycles. The van der Waals surface area contributed by atoms with Crippen molar-refractivity contribution in [3.8, 4) is 5.69 Å². The zero-order chi connectivity index (χ0) is 11.4. The Kier molecular flexibility index (Phi) is 3.33. The molecule has 2 aromatic rings. The number of hydrogen-bond acceptors (Lipinski definition) is 4. The van der Waals surface area contributed by atoms with Gasteiger partial charge in [0.1, 0.15) is 0 Å². The van der Waals surface area contributed by atoms with Crippen LogP contribution in [0.4, 0.5) is 0 Å². The fourth-order valence-electron chi connectivity index (χ4n) is 1.49. The van der Waals surface area contributed by atoms with Gasteiger partial charge in [-0.3, -0.25) is 9.25 Å². The van der Waals surface area contributed by atoms with Gasteiger partial charge < -0.3 is 10.5 Å². The van der Waals surface area contributed by atoms with Crippen molar-refractivity contribution in [1.29, 1.82) is 0 Å². The average molecular weight is 221 g/mol. The maximum absolute atomic E-state index is 5.61. The summed E-state index contributed by atoms with van der Waals surface area (Å²) in [5.41, 5.74) is 7.54. The highest BCUT2D eigenvalue weighted by Crippen LogP contribution is 2.09. The lowest BCUT2D eigenvalue weighted by molar-refractivity contribution is 0.183. The van der Waals surface area contributed by atoms with Gasteiger partial charge in [0, 0.05) is 26.0 Å². The molecular formula is C10H15N5O. The molecule has 0 fully saturated rings. The molecule has 2 rings (SSSR count). The highest BCUT2D eigenvalue weighted by atomic mass is 16.5. The van der Waals surface area contributed by atoms with Gasteiger partial charge in [0.2, 0.25) is 0 Å². The van der Waals surface area contributed by atoms with E-state index in [0.29, 0.717) is 13.2 Å². The summed E-state index contributed by atoms with van der Waals surface area (Å²) >= 11 is 0. The minimum atomic E-state index is 0.462. The molecule has 6 nitrogen and oxygen atoms in total. The van der Waals surface area contributed by atoms with Gasteiger partial charge in [-0.2, -0.15) is 5.10 Å². The molecule has 0 aromatic carbocycles. The van der Waals surface area contributed by atoms with Gasteiger partial charge in [-0.1, -0.05) is 0 Å². The maximum atomic E-state index is 5.61. The summed E-state index contributed by atoms with van der Waals surface area (Å²) in [6.07, 6.45) is 7.22. The van der Waals surface area contributed by atoms with Crippen molar-refractivity contribution >= 4 is 0 Å². The van der Waals surface area contributed by atoms with E-state index in [4.69, 9.17) is 10.5 Å². The van der Waals surface area contributed by atoms with Crippen molar-refractivity contribution < 1.29 is 4.74 Å². The Labute approximate surface area is 93.6 Å². The minimum absolute atomic E-state index is 0.462. The number of nitrogens with two attached hydrogens (primary N) is 1. The fourth-order valence-corrected chi connectivity index (χ4v) is 1.49. The van der Waals surface area contributed by atoms with E-state index in [1.54, 1.807) is 25.8 Å². The first-order chi connectivity index (χ1) is 7.85. The minimum Gasteiger partial charge on any atom is -0.383 e. The molecule has 2 N–H and O–H groups in total. The Hall–Kier alpha value is -1.66. The average Bonchev–Trinajstić information content (AvgIpc) is 2.94. The van der Waals surface area contributed by atoms with Gasteiger partial charge >= 0.3 is 0 Å². The highest BCUT2D eigenvalue weighted by Gasteiger charge is 2.04. The van der Waals surface area contributed by atoms with Crippen LogP contribution in [-0.4, -0.2) is 33.0 Å². The molecule has 0 unspecified atom stereocenters. The SMILES string of the molecule is COCCn1cc(-n2cncc2CN)cn1. The smallest absolute Gasteiger partial charge is 0.0995 e. The first-order valence-electron chi connectivity index (χ1n) is 5.08. The molecule has 0 saturated heterocycles. The summed E-state index contributed by atoms with van der Waals surface area (Å²) < 4.78 is 8.75. The summed E-state index contributed by atoms with van der Waals surface area (Å²) in [6.45, 7) is 1.85. The summed E-state index contributed by atoms with van der Waals surface area (Å²) in [5.74, 6) is 0. The lowest BCUT2D eigenvalue weighted by Gasteiger charge is -2.02. The molecule has 6 heteroatoms. The number of aromatic nitrogens is 4. The van der Waals surface area contributed by atoms with E-state index < -0.39 is 0 Å². The van der Waals surface area contributed by atoms with Gasteiger partial charge in [-0.15, -0.1) is 0 Å². The normalized spacial score (nSPS) is 10.9. The van der Waals surface area contributed by atoms with E-state index in [2.05, 4.69) is 10.1 Å². The van der Waals surface area contributed by atoms with E-state index in [9.17, 15) is 0 Å². The summed E-state index contributed by atoms with van der Waals surface area (Å²) in [6, 6.07) is 0. The van der Waals surface area contributed by atoms with Crippen LogP contribution in [0, 0.1) is 0 Å². The van der Waals surface area contributed by atoms with E-state index in [1.165, 1.54) is 0 Å². The Morgan fingerprint density at radius 3 is 3.06 bits per heavy atom. The molecule has 2 heterocycles. The van der Waals surface area contributed by atoms with Gasteiger partial charge in [0.05, 0.1) is 37.1 Å². The van der Waals surface area contributed by atoms with Gasteiger partial charge in [0.15, 0.2) is 0 Å². The van der Waals surface area contributed by atoms with E-state index in [0.717, 1.165) is 17.9 Å². The zero-order valence-electron chi connectivity index (χ0n) is 9.21. The van der Waals surface area contributed by atoms with Crippen LogP contribution in [-0.2, 0) is 17.8 Å². The van der Waals surface area contributed by atoms with Crippen molar-refractivity contribution in [3.05, 3.63) is 30.6 Å². The van der Waals surface area contributed by atoms with Gasteiger partial charge in [0.25, 0.3) is 0 Å². The topological polar surface area (TPSA) is 70.9 Å². The third-order valence-electron chi connectivity index (χ3n) is 2.35. The van der Waals surface area contributed by atoms with Crippen molar-refractivity contribution in [2.45, 2.75) is 13.1 Å². The Bertz CT molecular complexity index is 448. The van der Waals surface area contributed by atoms with Crippen molar-refractivity contribution in [2.75, 3.05) is 13.7 Å². The molecule has 0 spiro atoms. The van der Waals surface area contributed by atoms with Crippen LogP contribution in [0.1, 0.15) is 5.69 Å². The first kappa shape index (κ1) is 10.8. The number of hydrogen-bond donors (Lipinski definition) is 1. The molecule has 0 aliphatic carbocycles. The summed E-state index contributed by atoms with van der Waals surface area (Å²) in [7, 11) is 1.67. The van der Waals surface area contributed by atoms with Gasteiger partial charge in [-0.05, 0) is 0 Å². The lowest BCUT2D eigenvalue weighted by atomic mass is 10.4. The predicted molar refractivity (Wildman–Crippen MR) is 59.1 cm³/mol. The Balaban J connectivity index is 2.18.